The highest BCUT2D eigenvalue weighted by Crippen LogP contribution is 2.29. The van der Waals surface area contributed by atoms with Crippen LogP contribution in [0.2, 0.25) is 5.02 Å². The second-order valence-corrected chi connectivity index (χ2v) is 10.5. The summed E-state index contributed by atoms with van der Waals surface area (Å²) < 4.78 is 16.1. The van der Waals surface area contributed by atoms with Crippen molar-refractivity contribution in [1.82, 2.24) is 20.0 Å². The molecule has 1 aromatic heterocycles. The van der Waals surface area contributed by atoms with Crippen molar-refractivity contribution in [2.45, 2.75) is 33.0 Å². The van der Waals surface area contributed by atoms with E-state index in [1.165, 1.54) is 33.8 Å². The van der Waals surface area contributed by atoms with Crippen LogP contribution in [0.4, 0.5) is 10.1 Å². The number of carbonyl (C=O) groups excluding carboxylic acids is 4. The zero-order valence-corrected chi connectivity index (χ0v) is 24.4. The molecule has 0 fully saturated rings. The van der Waals surface area contributed by atoms with Gasteiger partial charge in [0.15, 0.2) is 5.69 Å². The summed E-state index contributed by atoms with van der Waals surface area (Å²) >= 11 is 6.12. The third kappa shape index (κ3) is 6.94. The molecule has 5 N–H and O–H groups in total. The van der Waals surface area contributed by atoms with Crippen LogP contribution in [-0.4, -0.2) is 50.9 Å². The number of aromatic nitrogens is 2. The smallest absolute Gasteiger partial charge is 0.269 e. The third-order valence-corrected chi connectivity index (χ3v) is 6.98. The van der Waals surface area contributed by atoms with E-state index in [0.29, 0.717) is 16.8 Å². The molecule has 0 radical (unpaired) electrons. The summed E-state index contributed by atoms with van der Waals surface area (Å²) in [6, 6.07) is 13.7. The Hall–Kier alpha value is -5.46. The lowest BCUT2D eigenvalue weighted by atomic mass is 10.0. The van der Waals surface area contributed by atoms with E-state index in [0.717, 1.165) is 5.56 Å². The third-order valence-electron chi connectivity index (χ3n) is 6.71. The van der Waals surface area contributed by atoms with E-state index in [4.69, 9.17) is 28.6 Å². The number of halogens is 2. The van der Waals surface area contributed by atoms with Gasteiger partial charge in [0.05, 0.1) is 17.1 Å². The molecule has 226 valence electrons. The lowest BCUT2D eigenvalue weighted by molar-refractivity contribution is -0.138. The molecule has 4 aromatic rings. The van der Waals surface area contributed by atoms with Gasteiger partial charge >= 0.3 is 0 Å². The van der Waals surface area contributed by atoms with Gasteiger partial charge in [0.2, 0.25) is 17.7 Å². The van der Waals surface area contributed by atoms with Crippen LogP contribution < -0.4 is 16.8 Å². The summed E-state index contributed by atoms with van der Waals surface area (Å²) in [6.45, 7) is 2.51. The number of hydrogen-bond acceptors (Lipinski definition) is 6. The first-order chi connectivity index (χ1) is 20.9. The fraction of sp³-hybridized carbons (Fsp3) is 0.207. The van der Waals surface area contributed by atoms with Gasteiger partial charge in [-0.3, -0.25) is 23.9 Å². The lowest BCUT2D eigenvalue weighted by Gasteiger charge is -2.26. The summed E-state index contributed by atoms with van der Waals surface area (Å²) in [4.78, 5) is 54.1. The van der Waals surface area contributed by atoms with Crippen LogP contribution in [0.5, 0.6) is 0 Å². The molecule has 15 heteroatoms. The fourth-order valence-corrected chi connectivity index (χ4v) is 4.79. The Morgan fingerprint density at radius 3 is 2.55 bits per heavy atom. The number of anilines is 1. The van der Waals surface area contributed by atoms with E-state index >= 15 is 0 Å². The van der Waals surface area contributed by atoms with Crippen LogP contribution in [0, 0.1) is 5.82 Å². The largest absolute Gasteiger partial charge is 0.399 e. The minimum Gasteiger partial charge on any atom is -0.399 e. The second-order valence-electron chi connectivity index (χ2n) is 10.0. The first-order valence-corrected chi connectivity index (χ1v) is 13.6. The number of hydrogen-bond donors (Lipinski definition) is 3. The van der Waals surface area contributed by atoms with Crippen molar-refractivity contribution in [2.24, 2.45) is 10.8 Å². The molecule has 0 saturated heterocycles. The van der Waals surface area contributed by atoms with Crippen LogP contribution in [-0.2, 0) is 22.7 Å². The van der Waals surface area contributed by atoms with Gasteiger partial charge in [0.1, 0.15) is 12.4 Å². The minimum atomic E-state index is -0.901. The SMILES string of the molecule is CC(C)N(CC(=O)NCc1cc(-c2cccc(N)c2)cc(Cl)c1F)C(=O)Cn1nc(C(N)=O)c2cc(C(=O)N=[N+]=[N-])ccc21. The van der Waals surface area contributed by atoms with Crippen LogP contribution in [0.3, 0.4) is 0 Å². The van der Waals surface area contributed by atoms with Crippen molar-refractivity contribution in [3.05, 3.63) is 92.7 Å². The van der Waals surface area contributed by atoms with E-state index < -0.39 is 35.5 Å². The molecule has 3 aromatic carbocycles. The Bertz CT molecular complexity index is 1850. The molecular formula is C29H27ClFN9O4. The van der Waals surface area contributed by atoms with E-state index in [2.05, 4.69) is 20.4 Å². The van der Waals surface area contributed by atoms with Crippen molar-refractivity contribution >= 4 is 51.8 Å². The molecule has 1 heterocycles. The van der Waals surface area contributed by atoms with Crippen LogP contribution in [0.15, 0.2) is 59.7 Å². The molecule has 0 saturated carbocycles. The Balaban J connectivity index is 1.50. The monoisotopic (exact) mass is 619 g/mol. The highest BCUT2D eigenvalue weighted by Gasteiger charge is 2.24. The number of carbonyl (C=O) groups is 4. The normalized spacial score (nSPS) is 10.8. The predicted octanol–water partition coefficient (Wildman–Crippen LogP) is 4.18. The Morgan fingerprint density at radius 2 is 1.89 bits per heavy atom. The molecule has 13 nitrogen and oxygen atoms in total. The molecule has 0 spiro atoms. The molecular weight excluding hydrogens is 593 g/mol. The van der Waals surface area contributed by atoms with Gasteiger partial charge in [-0.1, -0.05) is 23.7 Å². The van der Waals surface area contributed by atoms with Crippen LogP contribution in [0.1, 0.15) is 40.3 Å². The van der Waals surface area contributed by atoms with Gasteiger partial charge in [-0.15, -0.1) is 0 Å². The van der Waals surface area contributed by atoms with Crippen molar-refractivity contribution < 1.29 is 23.6 Å². The van der Waals surface area contributed by atoms with Crippen LogP contribution in [0.25, 0.3) is 32.5 Å². The molecule has 0 bridgehead atoms. The number of amides is 4. The van der Waals surface area contributed by atoms with E-state index in [1.807, 2.05) is 0 Å². The molecule has 44 heavy (non-hydrogen) atoms. The first-order valence-electron chi connectivity index (χ1n) is 13.2. The molecule has 0 aliphatic rings. The summed E-state index contributed by atoms with van der Waals surface area (Å²) in [5.41, 5.74) is 22.0. The highest BCUT2D eigenvalue weighted by molar-refractivity contribution is 6.31. The molecule has 0 aliphatic heterocycles. The summed E-state index contributed by atoms with van der Waals surface area (Å²) in [7, 11) is 0. The van der Waals surface area contributed by atoms with E-state index in [1.54, 1.807) is 44.2 Å². The number of benzene rings is 3. The fourth-order valence-electron chi connectivity index (χ4n) is 4.55. The van der Waals surface area contributed by atoms with E-state index in [9.17, 15) is 23.6 Å². The molecule has 0 unspecified atom stereocenters. The maximum Gasteiger partial charge on any atom is 0.269 e. The van der Waals surface area contributed by atoms with Gasteiger partial charge in [-0.2, -0.15) is 5.10 Å². The molecule has 4 amide bonds. The molecule has 0 atom stereocenters. The zero-order chi connectivity index (χ0) is 32.1. The number of fused-ring (bicyclic) bond motifs is 1. The van der Waals surface area contributed by atoms with Gasteiger partial charge in [-0.05, 0) is 78.1 Å². The van der Waals surface area contributed by atoms with Gasteiger partial charge in [-0.25, -0.2) is 4.39 Å². The highest BCUT2D eigenvalue weighted by atomic mass is 35.5. The maximum atomic E-state index is 14.8. The van der Waals surface area contributed by atoms with Gasteiger partial charge in [0.25, 0.3) is 5.91 Å². The molecule has 0 aliphatic carbocycles. The van der Waals surface area contributed by atoms with Crippen molar-refractivity contribution in [2.75, 3.05) is 12.3 Å². The number of nitrogens with zero attached hydrogens (tertiary/aromatic N) is 6. The zero-order valence-electron chi connectivity index (χ0n) is 23.6. The summed E-state index contributed by atoms with van der Waals surface area (Å²) in [5, 5.41) is 9.87. The minimum absolute atomic E-state index is 0.000291. The Kier molecular flexibility index (Phi) is 9.47. The Morgan fingerprint density at radius 1 is 1.14 bits per heavy atom. The Labute approximate surface area is 255 Å². The average Bonchev–Trinajstić information content (AvgIpc) is 3.34. The predicted molar refractivity (Wildman–Crippen MR) is 162 cm³/mol. The van der Waals surface area contributed by atoms with E-state index in [-0.39, 0.29) is 46.9 Å². The topological polar surface area (TPSA) is 202 Å². The van der Waals surface area contributed by atoms with Gasteiger partial charge < -0.3 is 21.7 Å². The number of nitrogen functional groups attached to an aromatic ring is 1. The number of rotatable bonds is 10. The second kappa shape index (κ2) is 13.2. The quantitative estimate of drug-likeness (QED) is 0.103. The number of nitrogens with one attached hydrogen (secondary N) is 1. The van der Waals surface area contributed by atoms with Crippen molar-refractivity contribution in [1.29, 1.82) is 0 Å². The number of nitrogens with two attached hydrogens (primary N) is 2. The summed E-state index contributed by atoms with van der Waals surface area (Å²) in [5.74, 6) is -3.52. The number of azide groups is 1. The standard InChI is InChI=1S/C29H27ClFN9O4/c1-15(2)39(13-24(41)35-12-19-8-18(11-22(30)26(19)31)16-4-3-5-20(32)9-16)25(42)14-40-23-7-6-17(29(44)36-38-34)10-21(23)27(37-40)28(33)43/h3-11,15H,12-14,32H2,1-2H3,(H2,33,43)(H,35,41). The van der Waals surface area contributed by atoms with Crippen molar-refractivity contribution in [3.8, 4) is 11.1 Å². The summed E-state index contributed by atoms with van der Waals surface area (Å²) in [6.07, 6.45) is 0. The number of primary amides is 1. The van der Waals surface area contributed by atoms with Gasteiger partial charge in [0, 0.05) is 39.7 Å². The average molecular weight is 620 g/mol. The van der Waals surface area contributed by atoms with Crippen molar-refractivity contribution in [3.63, 3.8) is 0 Å². The lowest BCUT2D eigenvalue weighted by Crippen LogP contribution is -2.45. The first kappa shape index (κ1) is 31.5. The molecule has 4 rings (SSSR count). The maximum absolute atomic E-state index is 14.8. The van der Waals surface area contributed by atoms with Crippen LogP contribution >= 0.6 is 11.6 Å².